The number of pyridine rings is 1. The van der Waals surface area contributed by atoms with Crippen molar-refractivity contribution in [2.24, 2.45) is 0 Å². The van der Waals surface area contributed by atoms with E-state index in [9.17, 15) is 18.7 Å². The molecule has 0 aliphatic carbocycles. The molecule has 5 heterocycles. The van der Waals surface area contributed by atoms with Gasteiger partial charge in [0.1, 0.15) is 41.6 Å². The van der Waals surface area contributed by atoms with Crippen LogP contribution in [-0.4, -0.2) is 108 Å². The van der Waals surface area contributed by atoms with Gasteiger partial charge >= 0.3 is 0 Å². The number of aromatic amines is 1. The van der Waals surface area contributed by atoms with Crippen molar-refractivity contribution in [3.05, 3.63) is 46.0 Å². The molecule has 2 aromatic heterocycles. The number of fused-ring (bicyclic) bond motifs is 2. The van der Waals surface area contributed by atoms with Crippen LogP contribution in [0.3, 0.4) is 0 Å². The van der Waals surface area contributed by atoms with Crippen molar-refractivity contribution in [1.82, 2.24) is 25.2 Å². The Balaban J connectivity index is 0.00000180. The van der Waals surface area contributed by atoms with Gasteiger partial charge in [0.15, 0.2) is 11.8 Å². The molecule has 3 fully saturated rings. The maximum Gasteiger partial charge on any atom is 0.296 e. The Labute approximate surface area is 251 Å². The minimum absolute atomic E-state index is 0.0799. The summed E-state index contributed by atoms with van der Waals surface area (Å²) in [4.78, 5) is 26.0. The zero-order valence-corrected chi connectivity index (χ0v) is 24.5. The summed E-state index contributed by atoms with van der Waals surface area (Å²) in [6.45, 7) is 7.63. The van der Waals surface area contributed by atoms with Gasteiger partial charge in [-0.25, -0.2) is 8.78 Å². The van der Waals surface area contributed by atoms with Crippen molar-refractivity contribution in [2.45, 2.75) is 44.9 Å². The summed E-state index contributed by atoms with van der Waals surface area (Å²) >= 11 is 6.29. The highest BCUT2D eigenvalue weighted by Crippen LogP contribution is 2.31. The molecule has 3 aliphatic rings. The number of ether oxygens (including phenoxy) is 5. The summed E-state index contributed by atoms with van der Waals surface area (Å²) in [6.07, 6.45) is -2.07. The second kappa shape index (κ2) is 14.1. The molecule has 1 amide bonds. The molecule has 4 atom stereocenters. The quantitative estimate of drug-likeness (QED) is 0.325. The maximum absolute atomic E-state index is 14.8. The number of aliphatic hydroxyl groups excluding tert-OH is 1. The molecule has 0 saturated carbocycles. The number of aliphatic hydroxyl groups is 1. The zero-order chi connectivity index (χ0) is 30.5. The number of benzene rings is 1. The molecule has 0 radical (unpaired) electrons. The first-order valence-electron chi connectivity index (χ1n) is 14.2. The average Bonchev–Trinajstić information content (AvgIpc) is 3.70. The summed E-state index contributed by atoms with van der Waals surface area (Å²) < 4.78 is 57.4. The average molecular weight is 626 g/mol. The van der Waals surface area contributed by atoms with E-state index in [0.29, 0.717) is 31.8 Å². The number of halogens is 3. The summed E-state index contributed by atoms with van der Waals surface area (Å²) in [5.74, 6) is -2.54. The largest absolute Gasteiger partial charge is 0.471 e. The van der Waals surface area contributed by atoms with Crippen molar-refractivity contribution in [3.8, 4) is 11.9 Å². The Hall–Kier alpha value is -3.14. The van der Waals surface area contributed by atoms with Gasteiger partial charge in [0, 0.05) is 31.7 Å². The number of rotatable bonds is 9. The first-order chi connectivity index (χ1) is 20.9. The first kappa shape index (κ1) is 31.3. The van der Waals surface area contributed by atoms with Gasteiger partial charge in [0.05, 0.1) is 37.5 Å². The van der Waals surface area contributed by atoms with Crippen LogP contribution in [0.4, 0.5) is 8.78 Å². The molecule has 43 heavy (non-hydrogen) atoms. The third kappa shape index (κ3) is 7.16. The Morgan fingerprint density at radius 1 is 1.14 bits per heavy atom. The van der Waals surface area contributed by atoms with Gasteiger partial charge in [-0.1, -0.05) is 25.4 Å². The molecule has 234 valence electrons. The topological polar surface area (TPSA) is 140 Å². The number of nitrogens with zero attached hydrogens (tertiary/aromatic N) is 3. The lowest BCUT2D eigenvalue weighted by Crippen LogP contribution is -2.41. The van der Waals surface area contributed by atoms with Crippen LogP contribution in [0.5, 0.6) is 11.9 Å². The van der Waals surface area contributed by atoms with E-state index in [1.54, 1.807) is 0 Å². The summed E-state index contributed by atoms with van der Waals surface area (Å²) in [5, 5.41) is 12.7. The molecule has 0 spiro atoms. The first-order valence-corrected chi connectivity index (χ1v) is 14.6. The summed E-state index contributed by atoms with van der Waals surface area (Å²) in [6, 6.07) is 3.56. The third-order valence-corrected chi connectivity index (χ3v) is 7.46. The lowest BCUT2D eigenvalue weighted by Gasteiger charge is -2.26. The number of aromatic nitrogens is 3. The van der Waals surface area contributed by atoms with E-state index in [4.69, 9.17) is 35.3 Å². The molecule has 1 unspecified atom stereocenters. The number of carbonyl (C=O) groups excluding carboxylic acids is 1. The third-order valence-electron chi connectivity index (χ3n) is 7.19. The summed E-state index contributed by atoms with van der Waals surface area (Å²) in [5.41, 5.74) is 0.131. The number of carbonyl (C=O) groups is 1. The Morgan fingerprint density at radius 2 is 1.86 bits per heavy atom. The fraction of sp³-hybridized carbons (Fsp3) is 0.536. The number of amides is 1. The second-order valence-corrected chi connectivity index (χ2v) is 10.3. The molecular weight excluding hydrogens is 592 g/mol. The molecule has 3 aliphatic heterocycles. The highest BCUT2D eigenvalue weighted by Gasteiger charge is 2.48. The molecular formula is C28H34ClF2N5O7. The number of H-pyrrole nitrogens is 1. The van der Waals surface area contributed by atoms with Crippen LogP contribution in [0.2, 0.25) is 5.02 Å². The van der Waals surface area contributed by atoms with E-state index in [0.717, 1.165) is 25.2 Å². The van der Waals surface area contributed by atoms with E-state index in [1.807, 2.05) is 13.8 Å². The molecule has 12 nitrogen and oxygen atoms in total. The zero-order valence-electron chi connectivity index (χ0n) is 23.8. The van der Waals surface area contributed by atoms with Crippen molar-refractivity contribution < 1.29 is 42.4 Å². The van der Waals surface area contributed by atoms with Crippen LogP contribution in [0.1, 0.15) is 29.8 Å². The SMILES string of the molecule is CC.O=C(NCCN1CCOCC1)c1cc(F)c(COc2nc3nc(O[C@@H]4COC5[C@H](O)CO[C@@H]54)[nH]c3cc2Cl)c(F)c1. The van der Waals surface area contributed by atoms with Gasteiger partial charge < -0.3 is 39.1 Å². The van der Waals surface area contributed by atoms with Gasteiger partial charge in [-0.2, -0.15) is 9.97 Å². The Kier molecular flexibility index (Phi) is 10.3. The second-order valence-electron chi connectivity index (χ2n) is 9.93. The van der Waals surface area contributed by atoms with Gasteiger partial charge in [-0.3, -0.25) is 9.69 Å². The van der Waals surface area contributed by atoms with Crippen LogP contribution in [0.25, 0.3) is 11.2 Å². The molecule has 1 aromatic carbocycles. The number of hydrogen-bond acceptors (Lipinski definition) is 10. The highest BCUT2D eigenvalue weighted by atomic mass is 35.5. The van der Waals surface area contributed by atoms with E-state index in [1.165, 1.54) is 6.07 Å². The van der Waals surface area contributed by atoms with E-state index in [2.05, 4.69) is 25.2 Å². The predicted octanol–water partition coefficient (Wildman–Crippen LogP) is 2.46. The number of nitrogens with one attached hydrogen (secondary N) is 2. The highest BCUT2D eigenvalue weighted by molar-refractivity contribution is 6.32. The van der Waals surface area contributed by atoms with Gasteiger partial charge in [-0.05, 0) is 18.2 Å². The lowest BCUT2D eigenvalue weighted by molar-refractivity contribution is 0.00706. The predicted molar refractivity (Wildman–Crippen MR) is 150 cm³/mol. The molecule has 3 aromatic rings. The minimum atomic E-state index is -0.938. The molecule has 15 heteroatoms. The molecule has 3 N–H and O–H groups in total. The van der Waals surface area contributed by atoms with E-state index < -0.39 is 48.6 Å². The standard InChI is InChI=1S/C26H28ClF2N5O7.C2H6/c27-15-9-18-23(33-26(31-18)41-20-12-39-21-19(35)11-38-22(20)21)32-25(15)40-10-14-16(28)7-13(8-17(14)29)24(36)30-1-2-34-3-5-37-6-4-34;1-2/h7-9,19-22,35H,1-6,10-12H2,(H,30,36)(H,31,32,33);1-2H3/t19-,20-,21?,22-;/m1./s1. The Morgan fingerprint density at radius 3 is 2.60 bits per heavy atom. The number of morpholine rings is 1. The molecule has 3 saturated heterocycles. The van der Waals surface area contributed by atoms with Crippen LogP contribution in [0.15, 0.2) is 18.2 Å². The van der Waals surface area contributed by atoms with Gasteiger partial charge in [0.2, 0.25) is 5.88 Å². The number of hydrogen-bond donors (Lipinski definition) is 3. The smallest absolute Gasteiger partial charge is 0.296 e. The van der Waals surface area contributed by atoms with Crippen molar-refractivity contribution in [1.29, 1.82) is 0 Å². The fourth-order valence-electron chi connectivity index (χ4n) is 4.99. The monoisotopic (exact) mass is 625 g/mol. The minimum Gasteiger partial charge on any atom is -0.471 e. The van der Waals surface area contributed by atoms with Crippen molar-refractivity contribution in [3.63, 3.8) is 0 Å². The Bertz CT molecular complexity index is 1400. The van der Waals surface area contributed by atoms with Crippen LogP contribution in [0, 0.1) is 11.6 Å². The molecule has 6 rings (SSSR count). The lowest BCUT2D eigenvalue weighted by atomic mass is 10.1. The van der Waals surface area contributed by atoms with E-state index in [-0.39, 0.29) is 46.9 Å². The van der Waals surface area contributed by atoms with Crippen molar-refractivity contribution >= 4 is 28.7 Å². The number of imidazole rings is 1. The van der Waals surface area contributed by atoms with Gasteiger partial charge in [0.25, 0.3) is 11.9 Å². The van der Waals surface area contributed by atoms with Crippen molar-refractivity contribution in [2.75, 3.05) is 52.6 Å². The normalized spacial score (nSPS) is 23.5. The fourth-order valence-corrected chi connectivity index (χ4v) is 5.20. The van der Waals surface area contributed by atoms with Crippen LogP contribution >= 0.6 is 11.6 Å². The summed E-state index contributed by atoms with van der Waals surface area (Å²) in [7, 11) is 0. The van der Waals surface area contributed by atoms with Gasteiger partial charge in [-0.15, -0.1) is 0 Å². The van der Waals surface area contributed by atoms with E-state index >= 15 is 0 Å². The maximum atomic E-state index is 14.8. The van der Waals surface area contributed by atoms with Crippen LogP contribution < -0.4 is 14.8 Å². The molecule has 0 bridgehead atoms. The van der Waals surface area contributed by atoms with Crippen LogP contribution in [-0.2, 0) is 20.8 Å².